The number of amides is 2. The lowest BCUT2D eigenvalue weighted by Crippen LogP contribution is -2.40. The summed E-state index contributed by atoms with van der Waals surface area (Å²) in [5, 5.41) is 31.1. The molecule has 1 saturated carbocycles. The van der Waals surface area contributed by atoms with Gasteiger partial charge in [0, 0.05) is 44.1 Å². The number of nitrogens with one attached hydrogen (secondary N) is 2. The van der Waals surface area contributed by atoms with Crippen molar-refractivity contribution in [3.63, 3.8) is 0 Å². The topological polar surface area (TPSA) is 111 Å². The minimum Gasteiger partial charge on any atom is -0.449 e. The van der Waals surface area contributed by atoms with Gasteiger partial charge in [0.15, 0.2) is 0 Å². The van der Waals surface area contributed by atoms with Crippen LogP contribution >= 0.6 is 0 Å². The Bertz CT molecular complexity index is 2210. The molecule has 0 bridgehead atoms. The average molecular weight is 718 g/mol. The summed E-state index contributed by atoms with van der Waals surface area (Å²) in [5.74, 6) is -0.232. The molecule has 0 unspecified atom stereocenters. The van der Waals surface area contributed by atoms with E-state index in [0.717, 1.165) is 16.3 Å². The molecule has 4 N–H and O–H groups in total. The van der Waals surface area contributed by atoms with E-state index in [2.05, 4.69) is 82.3 Å². The maximum absolute atomic E-state index is 13.5. The normalized spacial score (nSPS) is 16.4. The Morgan fingerprint density at radius 2 is 1.35 bits per heavy atom. The van der Waals surface area contributed by atoms with Crippen LogP contribution in [0.3, 0.4) is 0 Å². The summed E-state index contributed by atoms with van der Waals surface area (Å²) in [4.78, 5) is 28.7. The third kappa shape index (κ3) is 7.48. The smallest absolute Gasteiger partial charge is 0.449 e. The van der Waals surface area contributed by atoms with Gasteiger partial charge in [-0.05, 0) is 85.7 Å². The number of ether oxygens (including phenoxy) is 1. The molecular weight excluding hydrogens is 673 g/mol. The highest BCUT2D eigenvalue weighted by atomic mass is 16.5. The van der Waals surface area contributed by atoms with Crippen LogP contribution in [0, 0.1) is 5.92 Å². The van der Waals surface area contributed by atoms with Crippen LogP contribution in [0.2, 0.25) is 0 Å². The fourth-order valence-electron chi connectivity index (χ4n) is 8.53. The van der Waals surface area contributed by atoms with Crippen molar-refractivity contribution in [1.29, 1.82) is 0 Å². The van der Waals surface area contributed by atoms with Gasteiger partial charge in [-0.2, -0.15) is 0 Å². The first-order valence-corrected chi connectivity index (χ1v) is 18.9. The molecule has 0 spiro atoms. The van der Waals surface area contributed by atoms with E-state index in [9.17, 15) is 19.6 Å². The van der Waals surface area contributed by atoms with Crippen LogP contribution in [0.15, 0.2) is 127 Å². The van der Waals surface area contributed by atoms with Crippen LogP contribution in [0.4, 0.5) is 4.79 Å². The Hall–Kier alpha value is -5.48. The van der Waals surface area contributed by atoms with Crippen molar-refractivity contribution in [2.45, 2.75) is 44.3 Å². The van der Waals surface area contributed by atoms with Crippen molar-refractivity contribution < 1.29 is 24.4 Å². The van der Waals surface area contributed by atoms with Crippen LogP contribution in [0.25, 0.3) is 32.7 Å². The number of alkyl carbamates (subject to hydrolysis) is 1. The largest absolute Gasteiger partial charge is 0.488 e. The summed E-state index contributed by atoms with van der Waals surface area (Å²) in [6.07, 6.45) is 1.51. The molecule has 6 aromatic rings. The number of rotatable bonds is 12. The summed E-state index contributed by atoms with van der Waals surface area (Å²) < 4.78 is 5.78. The molecule has 9 heteroatoms. The average Bonchev–Trinajstić information content (AvgIpc) is 3.79. The SMILES string of the molecule is O=C(N[C@@H]1CC[C@H](C(=O)NCCN(Cc2ccccc2B(O)O)Cc2c3ccccc3cc3ccccc23)C1)OCC1c2ccccc2-c2ccccc21. The van der Waals surface area contributed by atoms with E-state index < -0.39 is 13.2 Å². The van der Waals surface area contributed by atoms with Gasteiger partial charge in [-0.3, -0.25) is 9.69 Å². The van der Waals surface area contributed by atoms with Gasteiger partial charge in [-0.25, -0.2) is 4.79 Å². The summed E-state index contributed by atoms with van der Waals surface area (Å²) >= 11 is 0. The van der Waals surface area contributed by atoms with Gasteiger partial charge in [0.05, 0.1) is 0 Å². The minimum atomic E-state index is -1.58. The number of hydrogen-bond acceptors (Lipinski definition) is 6. The molecule has 2 atom stereocenters. The van der Waals surface area contributed by atoms with Gasteiger partial charge in [0.1, 0.15) is 6.61 Å². The molecule has 0 heterocycles. The Kier molecular flexibility index (Phi) is 10.4. The predicted octanol–water partition coefficient (Wildman–Crippen LogP) is 6.50. The number of benzene rings is 6. The van der Waals surface area contributed by atoms with Crippen LogP contribution < -0.4 is 16.1 Å². The molecule has 272 valence electrons. The molecule has 6 aromatic carbocycles. The standard InChI is InChI=1S/C45H44BN3O5/c50-44(32-21-22-34(26-32)48-45(51)54-29-42-39-18-8-6-16-37(39)38-17-7-9-19-40(38)42)47-23-24-49(27-33-13-3-10-20-43(33)46(52)53)28-41-35-14-4-1-11-30(35)25-31-12-2-5-15-36(31)41/h1-20,25,32,34,42,52-53H,21-24,26-29H2,(H,47,50)(H,48,51)/t32-,34+/m0/s1. The van der Waals surface area contributed by atoms with E-state index in [-0.39, 0.29) is 30.4 Å². The van der Waals surface area contributed by atoms with E-state index in [0.29, 0.717) is 50.9 Å². The first-order chi connectivity index (χ1) is 26.4. The van der Waals surface area contributed by atoms with Crippen LogP contribution in [0.5, 0.6) is 0 Å². The fourth-order valence-corrected chi connectivity index (χ4v) is 8.53. The molecule has 2 amide bonds. The Labute approximate surface area is 315 Å². The van der Waals surface area contributed by atoms with E-state index >= 15 is 0 Å². The van der Waals surface area contributed by atoms with Gasteiger partial charge in [-0.15, -0.1) is 0 Å². The first kappa shape index (κ1) is 35.5. The Balaban J connectivity index is 0.895. The zero-order valence-electron chi connectivity index (χ0n) is 30.2. The van der Waals surface area contributed by atoms with Gasteiger partial charge in [0.25, 0.3) is 0 Å². The summed E-state index contributed by atoms with van der Waals surface area (Å²) in [6.45, 7) is 2.29. The molecule has 0 aliphatic heterocycles. The minimum absolute atomic E-state index is 0.00802. The van der Waals surface area contributed by atoms with Gasteiger partial charge in [-0.1, -0.05) is 121 Å². The molecule has 0 aromatic heterocycles. The number of fused-ring (bicyclic) bond motifs is 5. The highest BCUT2D eigenvalue weighted by Gasteiger charge is 2.33. The van der Waals surface area contributed by atoms with Crippen molar-refractivity contribution in [1.82, 2.24) is 15.5 Å². The van der Waals surface area contributed by atoms with Crippen molar-refractivity contribution in [2.75, 3.05) is 19.7 Å². The van der Waals surface area contributed by atoms with Crippen LogP contribution in [0.1, 0.15) is 47.4 Å². The third-order valence-electron chi connectivity index (χ3n) is 11.2. The molecule has 2 aliphatic rings. The maximum Gasteiger partial charge on any atom is 0.488 e. The van der Waals surface area contributed by atoms with Crippen LogP contribution in [-0.2, 0) is 22.6 Å². The summed E-state index contributed by atoms with van der Waals surface area (Å²) in [6, 6.07) is 42.8. The van der Waals surface area contributed by atoms with Crippen molar-refractivity contribution >= 4 is 46.1 Å². The van der Waals surface area contributed by atoms with Crippen molar-refractivity contribution in [2.24, 2.45) is 5.92 Å². The number of nitrogens with zero attached hydrogens (tertiary/aromatic N) is 1. The lowest BCUT2D eigenvalue weighted by Gasteiger charge is -2.26. The number of carbonyl (C=O) groups is 2. The highest BCUT2D eigenvalue weighted by molar-refractivity contribution is 6.59. The van der Waals surface area contributed by atoms with Gasteiger partial charge in [0.2, 0.25) is 5.91 Å². The first-order valence-electron chi connectivity index (χ1n) is 18.9. The van der Waals surface area contributed by atoms with E-state index in [4.69, 9.17) is 4.74 Å². The quantitative estimate of drug-likeness (QED) is 0.0851. The number of hydrogen-bond donors (Lipinski definition) is 4. The second kappa shape index (κ2) is 15.9. The van der Waals surface area contributed by atoms with E-state index in [1.54, 1.807) is 12.1 Å². The summed E-state index contributed by atoms with van der Waals surface area (Å²) in [5.41, 5.74) is 7.19. The van der Waals surface area contributed by atoms with E-state index in [1.165, 1.54) is 38.6 Å². The molecule has 1 fully saturated rings. The highest BCUT2D eigenvalue weighted by Crippen LogP contribution is 2.44. The molecule has 8 nitrogen and oxygen atoms in total. The third-order valence-corrected chi connectivity index (χ3v) is 11.2. The molecule has 0 saturated heterocycles. The Morgan fingerprint density at radius 1 is 0.741 bits per heavy atom. The lowest BCUT2D eigenvalue weighted by atomic mass is 9.77. The molecule has 2 aliphatic carbocycles. The molecule has 0 radical (unpaired) electrons. The monoisotopic (exact) mass is 717 g/mol. The predicted molar refractivity (Wildman–Crippen MR) is 214 cm³/mol. The van der Waals surface area contributed by atoms with Crippen LogP contribution in [-0.4, -0.2) is 59.8 Å². The Morgan fingerprint density at radius 3 is 2.04 bits per heavy atom. The zero-order chi connectivity index (χ0) is 37.0. The lowest BCUT2D eigenvalue weighted by molar-refractivity contribution is -0.124. The molecular formula is C45H44BN3O5. The molecule has 54 heavy (non-hydrogen) atoms. The second-order valence-corrected chi connectivity index (χ2v) is 14.5. The zero-order valence-corrected chi connectivity index (χ0v) is 30.2. The fraction of sp³-hybridized carbons (Fsp3) is 0.244. The van der Waals surface area contributed by atoms with Gasteiger partial charge < -0.3 is 25.4 Å². The summed E-state index contributed by atoms with van der Waals surface area (Å²) in [7, 11) is -1.58. The maximum atomic E-state index is 13.5. The second-order valence-electron chi connectivity index (χ2n) is 14.5. The van der Waals surface area contributed by atoms with Crippen molar-refractivity contribution in [3.8, 4) is 11.1 Å². The van der Waals surface area contributed by atoms with E-state index in [1.807, 2.05) is 48.5 Å². The number of carbonyl (C=O) groups excluding carboxylic acids is 2. The molecule has 8 rings (SSSR count). The van der Waals surface area contributed by atoms with Gasteiger partial charge >= 0.3 is 13.2 Å². The van der Waals surface area contributed by atoms with Crippen molar-refractivity contribution in [3.05, 3.63) is 150 Å².